The third-order valence-electron chi connectivity index (χ3n) is 3.01. The molecule has 0 saturated heterocycles. The largest absolute Gasteiger partial charge is 0.466 e. The molecule has 0 aliphatic carbocycles. The van der Waals surface area contributed by atoms with Crippen LogP contribution >= 0.6 is 0 Å². The lowest BCUT2D eigenvalue weighted by Gasteiger charge is -2.21. The van der Waals surface area contributed by atoms with Crippen molar-refractivity contribution in [2.75, 3.05) is 6.61 Å². The van der Waals surface area contributed by atoms with Crippen LogP contribution in [0.4, 0.5) is 0 Å². The van der Waals surface area contributed by atoms with Gasteiger partial charge in [0.1, 0.15) is 5.82 Å². The summed E-state index contributed by atoms with van der Waals surface area (Å²) < 4.78 is 5.00. The Balaban J connectivity index is 2.08. The molecule has 0 aliphatic heterocycles. The van der Waals surface area contributed by atoms with E-state index in [-0.39, 0.29) is 11.4 Å². The number of aromatic nitrogens is 2. The maximum Gasteiger partial charge on any atom is 0.306 e. The first kappa shape index (κ1) is 13.6. The van der Waals surface area contributed by atoms with E-state index in [1.54, 1.807) is 0 Å². The van der Waals surface area contributed by atoms with Crippen LogP contribution < -0.4 is 0 Å². The summed E-state index contributed by atoms with van der Waals surface area (Å²) >= 11 is 0. The van der Waals surface area contributed by atoms with E-state index in [4.69, 9.17) is 4.74 Å². The van der Waals surface area contributed by atoms with Gasteiger partial charge >= 0.3 is 5.97 Å². The highest BCUT2D eigenvalue weighted by Gasteiger charge is 2.24. The van der Waals surface area contributed by atoms with Crippen LogP contribution in [-0.4, -0.2) is 22.5 Å². The second-order valence-electron chi connectivity index (χ2n) is 5.52. The predicted molar refractivity (Wildman–Crippen MR) is 74.8 cm³/mol. The van der Waals surface area contributed by atoms with Crippen molar-refractivity contribution in [2.45, 2.75) is 33.6 Å². The van der Waals surface area contributed by atoms with Crippen molar-refractivity contribution in [3.05, 3.63) is 30.1 Å². The van der Waals surface area contributed by atoms with Gasteiger partial charge in [-0.05, 0) is 24.5 Å². The number of H-pyrrole nitrogens is 1. The summed E-state index contributed by atoms with van der Waals surface area (Å²) in [5.74, 6) is 0.763. The molecule has 4 heteroatoms. The molecule has 4 nitrogen and oxygen atoms in total. The fourth-order valence-corrected chi connectivity index (χ4v) is 2.21. The van der Waals surface area contributed by atoms with Gasteiger partial charge < -0.3 is 9.72 Å². The monoisotopic (exact) mass is 260 g/mol. The van der Waals surface area contributed by atoms with Gasteiger partial charge in [0.25, 0.3) is 0 Å². The fraction of sp³-hybridized carbons (Fsp3) is 0.467. The molecule has 0 aliphatic rings. The lowest BCUT2D eigenvalue weighted by Crippen LogP contribution is -2.22. The van der Waals surface area contributed by atoms with E-state index in [1.165, 1.54) is 0 Å². The van der Waals surface area contributed by atoms with Crippen LogP contribution in [0.5, 0.6) is 0 Å². The fourth-order valence-electron chi connectivity index (χ4n) is 2.21. The minimum atomic E-state index is -0.167. The van der Waals surface area contributed by atoms with Gasteiger partial charge in [-0.15, -0.1) is 0 Å². The molecular weight excluding hydrogens is 240 g/mol. The minimum absolute atomic E-state index is 0.149. The van der Waals surface area contributed by atoms with Gasteiger partial charge in [-0.1, -0.05) is 26.0 Å². The number of esters is 1. The number of rotatable bonds is 5. The highest BCUT2D eigenvalue weighted by atomic mass is 16.5. The molecular formula is C15H20N2O2. The highest BCUT2D eigenvalue weighted by Crippen LogP contribution is 2.26. The topological polar surface area (TPSA) is 55.0 Å². The summed E-state index contributed by atoms with van der Waals surface area (Å²) in [6.45, 7) is 6.36. The number of aromatic amines is 1. The Morgan fingerprint density at radius 3 is 2.79 bits per heavy atom. The Morgan fingerprint density at radius 2 is 2.11 bits per heavy atom. The number of hydrogen-bond donors (Lipinski definition) is 1. The van der Waals surface area contributed by atoms with Crippen molar-refractivity contribution >= 4 is 17.0 Å². The Bertz CT molecular complexity index is 539. The van der Waals surface area contributed by atoms with Crippen LogP contribution in [-0.2, 0) is 16.0 Å². The van der Waals surface area contributed by atoms with E-state index >= 15 is 0 Å². The summed E-state index contributed by atoms with van der Waals surface area (Å²) in [5.41, 5.74) is 1.83. The van der Waals surface area contributed by atoms with Gasteiger partial charge in [0.15, 0.2) is 0 Å². The summed E-state index contributed by atoms with van der Waals surface area (Å²) in [6, 6.07) is 7.93. The Morgan fingerprint density at radius 1 is 1.37 bits per heavy atom. The van der Waals surface area contributed by atoms with Crippen LogP contribution in [0.3, 0.4) is 0 Å². The molecule has 0 unspecified atom stereocenters. The molecule has 0 bridgehead atoms. The molecule has 1 aromatic heterocycles. The smallest absolute Gasteiger partial charge is 0.306 e. The maximum absolute atomic E-state index is 11.6. The molecule has 1 heterocycles. The molecule has 102 valence electrons. The van der Waals surface area contributed by atoms with E-state index < -0.39 is 0 Å². The predicted octanol–water partition coefficient (Wildman–Crippen LogP) is 3.08. The number of ether oxygens (including phenoxy) is 1. The zero-order chi connectivity index (χ0) is 13.9. The number of benzene rings is 1. The van der Waals surface area contributed by atoms with Gasteiger partial charge in [-0.25, -0.2) is 4.98 Å². The van der Waals surface area contributed by atoms with Crippen LogP contribution in [0.2, 0.25) is 0 Å². The lowest BCUT2D eigenvalue weighted by atomic mass is 9.85. The summed E-state index contributed by atoms with van der Waals surface area (Å²) in [5, 5.41) is 0. The van der Waals surface area contributed by atoms with Crippen LogP contribution in [0, 0.1) is 5.41 Å². The number of fused-ring (bicyclic) bond motifs is 1. The van der Waals surface area contributed by atoms with Crippen molar-refractivity contribution in [1.29, 1.82) is 0 Å². The van der Waals surface area contributed by atoms with Gasteiger partial charge in [0.05, 0.1) is 24.1 Å². The molecule has 1 aromatic carbocycles. The maximum atomic E-state index is 11.6. The zero-order valence-corrected chi connectivity index (χ0v) is 11.7. The van der Waals surface area contributed by atoms with Crippen molar-refractivity contribution in [2.24, 2.45) is 5.41 Å². The molecule has 0 saturated carbocycles. The van der Waals surface area contributed by atoms with Gasteiger partial charge in [-0.2, -0.15) is 0 Å². The second-order valence-corrected chi connectivity index (χ2v) is 5.52. The number of carbonyl (C=O) groups is 1. The third-order valence-corrected chi connectivity index (χ3v) is 3.01. The van der Waals surface area contributed by atoms with Crippen LogP contribution in [0.15, 0.2) is 24.3 Å². The molecule has 0 radical (unpaired) electrons. The molecule has 0 amide bonds. The van der Waals surface area contributed by atoms with E-state index in [1.807, 2.05) is 31.2 Å². The number of imidazole rings is 1. The first-order valence-corrected chi connectivity index (χ1v) is 6.59. The molecule has 2 rings (SSSR count). The summed E-state index contributed by atoms with van der Waals surface area (Å²) in [4.78, 5) is 19.4. The number of para-hydroxylation sites is 2. The number of nitrogens with one attached hydrogen (secondary N) is 1. The quantitative estimate of drug-likeness (QED) is 0.840. The van der Waals surface area contributed by atoms with Crippen LogP contribution in [0.25, 0.3) is 11.0 Å². The molecule has 19 heavy (non-hydrogen) atoms. The average molecular weight is 260 g/mol. The average Bonchev–Trinajstić information content (AvgIpc) is 2.69. The standard InChI is InChI=1S/C15H20N2O2/c1-4-19-14(18)10-15(2,3)9-13-16-11-7-5-6-8-12(11)17-13/h5-8H,4,9-10H2,1-3H3,(H,16,17). The van der Waals surface area contributed by atoms with E-state index in [9.17, 15) is 4.79 Å². The van der Waals surface area contributed by atoms with Crippen molar-refractivity contribution < 1.29 is 9.53 Å². The number of hydrogen-bond acceptors (Lipinski definition) is 3. The van der Waals surface area contributed by atoms with Gasteiger partial charge in [0.2, 0.25) is 0 Å². The summed E-state index contributed by atoms with van der Waals surface area (Å²) in [7, 11) is 0. The van der Waals surface area contributed by atoms with E-state index in [2.05, 4.69) is 23.8 Å². The van der Waals surface area contributed by atoms with Crippen molar-refractivity contribution in [3.8, 4) is 0 Å². The summed E-state index contributed by atoms with van der Waals surface area (Å²) in [6.07, 6.45) is 1.12. The van der Waals surface area contributed by atoms with Crippen molar-refractivity contribution in [3.63, 3.8) is 0 Å². The van der Waals surface area contributed by atoms with Gasteiger partial charge in [0, 0.05) is 6.42 Å². The second kappa shape index (κ2) is 5.43. The third kappa shape index (κ3) is 3.56. The molecule has 2 aromatic rings. The van der Waals surface area contributed by atoms with Crippen LogP contribution in [0.1, 0.15) is 33.0 Å². The van der Waals surface area contributed by atoms with E-state index in [0.29, 0.717) is 13.0 Å². The number of carbonyl (C=O) groups excluding carboxylic acids is 1. The molecule has 0 fully saturated rings. The molecule has 0 atom stereocenters. The SMILES string of the molecule is CCOC(=O)CC(C)(C)Cc1nc2ccccc2[nH]1. The molecule has 0 spiro atoms. The first-order valence-electron chi connectivity index (χ1n) is 6.59. The lowest BCUT2D eigenvalue weighted by molar-refractivity contribution is -0.145. The highest BCUT2D eigenvalue weighted by molar-refractivity contribution is 5.74. The molecule has 1 N–H and O–H groups in total. The minimum Gasteiger partial charge on any atom is -0.466 e. The normalized spacial score (nSPS) is 11.7. The Hall–Kier alpha value is -1.84. The Kier molecular flexibility index (Phi) is 3.88. The van der Waals surface area contributed by atoms with Gasteiger partial charge in [-0.3, -0.25) is 4.79 Å². The Labute approximate surface area is 113 Å². The number of nitrogens with zero attached hydrogens (tertiary/aromatic N) is 1. The zero-order valence-electron chi connectivity index (χ0n) is 11.7. The van der Waals surface area contributed by atoms with E-state index in [0.717, 1.165) is 23.3 Å². The first-order chi connectivity index (χ1) is 9.00. The van der Waals surface area contributed by atoms with Crippen molar-refractivity contribution in [1.82, 2.24) is 9.97 Å².